The van der Waals surface area contributed by atoms with E-state index in [1.165, 1.54) is 4.90 Å². The van der Waals surface area contributed by atoms with Crippen molar-refractivity contribution in [3.8, 4) is 0 Å². The summed E-state index contributed by atoms with van der Waals surface area (Å²) in [7, 11) is 0. The maximum Gasteiger partial charge on any atom is 0.319 e. The molecule has 2 aromatic rings. The van der Waals surface area contributed by atoms with Crippen LogP contribution in [0.4, 0.5) is 10.5 Å². The van der Waals surface area contributed by atoms with Crippen LogP contribution in [0.25, 0.3) is 0 Å². The summed E-state index contributed by atoms with van der Waals surface area (Å²) in [5.74, 6) is 0.980. The minimum atomic E-state index is -0.224. The number of anilines is 1. The number of thioether (sulfide) groups is 1. The summed E-state index contributed by atoms with van der Waals surface area (Å²) in [5, 5.41) is 10.7. The van der Waals surface area contributed by atoms with Gasteiger partial charge in [0.1, 0.15) is 0 Å². The fourth-order valence-corrected chi connectivity index (χ4v) is 3.73. The number of benzene rings is 1. The monoisotopic (exact) mass is 336 g/mol. The molecule has 1 aromatic heterocycles. The highest BCUT2D eigenvalue weighted by Crippen LogP contribution is 2.37. The average molecular weight is 337 g/mol. The first kappa shape index (κ1) is 15.2. The van der Waals surface area contributed by atoms with Crippen molar-refractivity contribution in [1.82, 2.24) is 15.1 Å². The molecule has 1 aromatic carbocycles. The molecule has 3 rings (SSSR count). The minimum absolute atomic E-state index is 0.0174. The molecule has 5 nitrogen and oxygen atoms in total. The number of aromatic nitrogens is 2. The van der Waals surface area contributed by atoms with Crippen LogP contribution in [0.5, 0.6) is 0 Å². The first-order valence-electron chi connectivity index (χ1n) is 7.18. The van der Waals surface area contributed by atoms with Gasteiger partial charge < -0.3 is 10.6 Å². The van der Waals surface area contributed by atoms with Gasteiger partial charge in [0.15, 0.2) is 0 Å². The predicted octanol–water partition coefficient (Wildman–Crippen LogP) is 3.92. The van der Waals surface area contributed by atoms with E-state index >= 15 is 0 Å². The van der Waals surface area contributed by atoms with Gasteiger partial charge in [0.25, 0.3) is 0 Å². The molecule has 116 valence electrons. The molecule has 0 spiro atoms. The number of hydrogen-bond donors (Lipinski definition) is 2. The number of aryl methyl sites for hydroxylation is 1. The van der Waals surface area contributed by atoms with Crippen LogP contribution in [0.3, 0.4) is 0 Å². The molecule has 2 N–H and O–H groups in total. The second-order valence-electron chi connectivity index (χ2n) is 5.06. The number of carbonyl (C=O) groups excluding carboxylic acids is 1. The third kappa shape index (κ3) is 3.39. The van der Waals surface area contributed by atoms with Gasteiger partial charge in [-0.05, 0) is 37.1 Å². The average Bonchev–Trinajstić information content (AvgIpc) is 2.95. The van der Waals surface area contributed by atoms with Crippen molar-refractivity contribution in [2.24, 2.45) is 0 Å². The van der Waals surface area contributed by atoms with Crippen LogP contribution < -0.4 is 10.6 Å². The third-order valence-electron chi connectivity index (χ3n) is 3.53. The number of amides is 2. The summed E-state index contributed by atoms with van der Waals surface area (Å²) >= 11 is 7.87. The Morgan fingerprint density at radius 1 is 1.55 bits per heavy atom. The summed E-state index contributed by atoms with van der Waals surface area (Å²) < 4.78 is 1.77. The Kier molecular flexibility index (Phi) is 4.59. The molecule has 7 heteroatoms. The van der Waals surface area contributed by atoms with Crippen molar-refractivity contribution in [2.75, 3.05) is 11.1 Å². The van der Waals surface area contributed by atoms with Crippen LogP contribution in [-0.4, -0.2) is 21.6 Å². The first-order valence-corrected chi connectivity index (χ1v) is 8.54. The molecule has 0 radical (unpaired) electrons. The molecule has 0 aliphatic carbocycles. The normalized spacial score (nSPS) is 16.9. The fourth-order valence-electron chi connectivity index (χ4n) is 2.44. The molecule has 1 unspecified atom stereocenters. The predicted molar refractivity (Wildman–Crippen MR) is 89.6 cm³/mol. The molecular formula is C15H17ClN4OS. The Hall–Kier alpha value is -1.66. The van der Waals surface area contributed by atoms with Crippen LogP contribution in [0.1, 0.15) is 24.9 Å². The summed E-state index contributed by atoms with van der Waals surface area (Å²) in [5.41, 5.74) is 1.78. The Labute approximate surface area is 138 Å². The van der Waals surface area contributed by atoms with Crippen molar-refractivity contribution >= 4 is 35.1 Å². The first-order chi connectivity index (χ1) is 10.7. The zero-order chi connectivity index (χ0) is 15.5. The molecule has 0 fully saturated rings. The van der Waals surface area contributed by atoms with E-state index < -0.39 is 0 Å². The number of hydrogen-bond acceptors (Lipinski definition) is 3. The molecule has 1 aliphatic rings. The van der Waals surface area contributed by atoms with Gasteiger partial charge in [-0.3, -0.25) is 4.68 Å². The second-order valence-corrected chi connectivity index (χ2v) is 6.63. The van der Waals surface area contributed by atoms with Crippen LogP contribution in [0.15, 0.2) is 35.5 Å². The maximum absolute atomic E-state index is 12.2. The van der Waals surface area contributed by atoms with E-state index in [0.29, 0.717) is 10.7 Å². The van der Waals surface area contributed by atoms with Crippen molar-refractivity contribution < 1.29 is 4.79 Å². The highest BCUT2D eigenvalue weighted by molar-refractivity contribution is 7.99. The van der Waals surface area contributed by atoms with Crippen molar-refractivity contribution in [1.29, 1.82) is 0 Å². The lowest BCUT2D eigenvalue weighted by Crippen LogP contribution is -2.34. The molecule has 0 saturated carbocycles. The van der Waals surface area contributed by atoms with E-state index in [0.717, 1.165) is 24.3 Å². The molecular weight excluding hydrogens is 320 g/mol. The van der Waals surface area contributed by atoms with E-state index in [1.807, 2.05) is 25.1 Å². The number of fused-ring (bicyclic) bond motifs is 1. The number of carbonyl (C=O) groups is 1. The largest absolute Gasteiger partial charge is 0.331 e. The van der Waals surface area contributed by atoms with E-state index in [4.69, 9.17) is 11.6 Å². The summed E-state index contributed by atoms with van der Waals surface area (Å²) in [4.78, 5) is 13.4. The Bertz CT molecular complexity index is 688. The summed E-state index contributed by atoms with van der Waals surface area (Å²) in [6, 6.07) is 5.59. The van der Waals surface area contributed by atoms with Gasteiger partial charge in [-0.1, -0.05) is 11.6 Å². The zero-order valence-corrected chi connectivity index (χ0v) is 13.7. The number of rotatable bonds is 3. The van der Waals surface area contributed by atoms with Gasteiger partial charge in [0.2, 0.25) is 0 Å². The van der Waals surface area contributed by atoms with E-state index in [9.17, 15) is 4.79 Å². The minimum Gasteiger partial charge on any atom is -0.331 e. The van der Waals surface area contributed by atoms with Gasteiger partial charge in [-0.15, -0.1) is 11.8 Å². The van der Waals surface area contributed by atoms with Crippen molar-refractivity contribution in [3.63, 3.8) is 0 Å². The van der Waals surface area contributed by atoms with Crippen LogP contribution in [-0.2, 0) is 6.54 Å². The van der Waals surface area contributed by atoms with Gasteiger partial charge in [-0.25, -0.2) is 4.79 Å². The van der Waals surface area contributed by atoms with Crippen LogP contribution >= 0.6 is 23.4 Å². The maximum atomic E-state index is 12.2. The lowest BCUT2D eigenvalue weighted by Gasteiger charge is -2.26. The van der Waals surface area contributed by atoms with E-state index in [1.54, 1.807) is 28.8 Å². The molecule has 2 amide bonds. The van der Waals surface area contributed by atoms with Crippen molar-refractivity contribution in [2.45, 2.75) is 30.8 Å². The quantitative estimate of drug-likeness (QED) is 0.893. The number of nitrogens with zero attached hydrogens (tertiary/aromatic N) is 2. The SMILES string of the molecule is CCn1cc(NC(=O)NC2CCSc3ccc(Cl)cc32)cn1. The molecule has 1 atom stereocenters. The summed E-state index contributed by atoms with van der Waals surface area (Å²) in [6.07, 6.45) is 4.34. The van der Waals surface area contributed by atoms with E-state index in [2.05, 4.69) is 15.7 Å². The topological polar surface area (TPSA) is 59.0 Å². The zero-order valence-electron chi connectivity index (χ0n) is 12.2. The lowest BCUT2D eigenvalue weighted by atomic mass is 10.0. The lowest BCUT2D eigenvalue weighted by molar-refractivity contribution is 0.248. The molecule has 1 aliphatic heterocycles. The van der Waals surface area contributed by atoms with Crippen LogP contribution in [0, 0.1) is 0 Å². The smallest absolute Gasteiger partial charge is 0.319 e. The Balaban J connectivity index is 1.68. The number of urea groups is 1. The van der Waals surface area contributed by atoms with Gasteiger partial charge in [0, 0.05) is 28.4 Å². The fraction of sp³-hybridized carbons (Fsp3) is 0.333. The second kappa shape index (κ2) is 6.62. The highest BCUT2D eigenvalue weighted by atomic mass is 35.5. The van der Waals surface area contributed by atoms with E-state index in [-0.39, 0.29) is 12.1 Å². The van der Waals surface area contributed by atoms with Gasteiger partial charge in [0.05, 0.1) is 17.9 Å². The standard InChI is InChI=1S/C15H17ClN4OS/c1-2-20-9-11(8-17-20)18-15(21)19-13-5-6-22-14-4-3-10(16)7-12(13)14/h3-4,7-9,13H,2,5-6H2,1H3,(H2,18,19,21). The Morgan fingerprint density at radius 3 is 3.18 bits per heavy atom. The van der Waals surface area contributed by atoms with Crippen LogP contribution in [0.2, 0.25) is 5.02 Å². The molecule has 0 saturated heterocycles. The number of nitrogens with one attached hydrogen (secondary N) is 2. The molecule has 22 heavy (non-hydrogen) atoms. The summed E-state index contributed by atoms with van der Waals surface area (Å²) in [6.45, 7) is 2.77. The molecule has 2 heterocycles. The molecule has 0 bridgehead atoms. The third-order valence-corrected chi connectivity index (χ3v) is 4.89. The van der Waals surface area contributed by atoms with Crippen molar-refractivity contribution in [3.05, 3.63) is 41.2 Å². The highest BCUT2D eigenvalue weighted by Gasteiger charge is 2.22. The number of halogens is 1. The van der Waals surface area contributed by atoms with Gasteiger partial charge in [-0.2, -0.15) is 5.10 Å². The Morgan fingerprint density at radius 2 is 2.41 bits per heavy atom. The van der Waals surface area contributed by atoms with Gasteiger partial charge >= 0.3 is 6.03 Å².